The Morgan fingerprint density at radius 1 is 1.41 bits per heavy atom. The SMILES string of the molecule is CC(C)CN1C[C@@H](COc2cccc(F)c2)C[C@@H](C(=O)NCCc2cnc[nH]2)C1. The van der Waals surface area contributed by atoms with Gasteiger partial charge in [0.1, 0.15) is 11.6 Å². The summed E-state index contributed by atoms with van der Waals surface area (Å²) in [5.74, 6) is 1.02. The third-order valence-electron chi connectivity index (χ3n) is 5.14. The van der Waals surface area contributed by atoms with E-state index in [1.165, 1.54) is 12.1 Å². The third-order valence-corrected chi connectivity index (χ3v) is 5.14. The van der Waals surface area contributed by atoms with Gasteiger partial charge in [0.2, 0.25) is 5.91 Å². The number of hydrogen-bond donors (Lipinski definition) is 2. The van der Waals surface area contributed by atoms with Crippen LogP contribution in [0.15, 0.2) is 36.8 Å². The normalized spacial score (nSPS) is 20.0. The molecule has 2 heterocycles. The van der Waals surface area contributed by atoms with Gasteiger partial charge in [-0.3, -0.25) is 4.79 Å². The van der Waals surface area contributed by atoms with E-state index in [0.29, 0.717) is 24.8 Å². The van der Waals surface area contributed by atoms with Crippen molar-refractivity contribution in [3.63, 3.8) is 0 Å². The number of likely N-dealkylation sites (tertiary alicyclic amines) is 1. The molecule has 0 unspecified atom stereocenters. The highest BCUT2D eigenvalue weighted by molar-refractivity contribution is 5.79. The average Bonchev–Trinajstić information content (AvgIpc) is 3.19. The molecule has 1 saturated heterocycles. The number of ether oxygens (including phenoxy) is 1. The summed E-state index contributed by atoms with van der Waals surface area (Å²) in [5.41, 5.74) is 1.01. The van der Waals surface area contributed by atoms with Crippen LogP contribution in [0.2, 0.25) is 0 Å². The number of rotatable bonds is 9. The van der Waals surface area contributed by atoms with Gasteiger partial charge in [-0.05, 0) is 24.5 Å². The molecule has 2 aromatic rings. The molecule has 1 amide bonds. The maximum atomic E-state index is 13.4. The third kappa shape index (κ3) is 6.85. The van der Waals surface area contributed by atoms with Crippen LogP contribution in [-0.2, 0) is 11.2 Å². The van der Waals surface area contributed by atoms with Gasteiger partial charge in [0.05, 0.1) is 18.9 Å². The van der Waals surface area contributed by atoms with E-state index in [9.17, 15) is 9.18 Å². The Balaban J connectivity index is 1.54. The van der Waals surface area contributed by atoms with Crippen molar-refractivity contribution in [3.05, 3.63) is 48.3 Å². The van der Waals surface area contributed by atoms with Crippen molar-refractivity contribution >= 4 is 5.91 Å². The fourth-order valence-electron chi connectivity index (χ4n) is 3.94. The van der Waals surface area contributed by atoms with Gasteiger partial charge < -0.3 is 19.9 Å². The zero-order valence-corrected chi connectivity index (χ0v) is 17.2. The molecule has 1 aliphatic rings. The van der Waals surface area contributed by atoms with Gasteiger partial charge in [0, 0.05) is 56.5 Å². The zero-order chi connectivity index (χ0) is 20.6. The van der Waals surface area contributed by atoms with Crippen molar-refractivity contribution in [2.45, 2.75) is 26.7 Å². The molecule has 0 aliphatic carbocycles. The van der Waals surface area contributed by atoms with Gasteiger partial charge in [-0.1, -0.05) is 19.9 Å². The monoisotopic (exact) mass is 402 g/mol. The molecular weight excluding hydrogens is 371 g/mol. The Bertz CT molecular complexity index is 766. The first-order valence-corrected chi connectivity index (χ1v) is 10.3. The quantitative estimate of drug-likeness (QED) is 0.677. The molecule has 1 fully saturated rings. The lowest BCUT2D eigenvalue weighted by molar-refractivity contribution is -0.127. The predicted octanol–water partition coefficient (Wildman–Crippen LogP) is 2.88. The fourth-order valence-corrected chi connectivity index (χ4v) is 3.94. The molecule has 1 aromatic carbocycles. The molecular formula is C22H31FN4O2. The van der Waals surface area contributed by atoms with Crippen molar-refractivity contribution in [1.82, 2.24) is 20.2 Å². The highest BCUT2D eigenvalue weighted by Crippen LogP contribution is 2.24. The number of nitrogens with one attached hydrogen (secondary N) is 2. The molecule has 3 rings (SSSR count). The highest BCUT2D eigenvalue weighted by atomic mass is 19.1. The number of halogens is 1. The predicted molar refractivity (Wildman–Crippen MR) is 110 cm³/mol. The lowest BCUT2D eigenvalue weighted by Gasteiger charge is -2.37. The molecule has 158 valence electrons. The van der Waals surface area contributed by atoms with Crippen LogP contribution in [0, 0.1) is 23.6 Å². The first-order valence-electron chi connectivity index (χ1n) is 10.3. The molecule has 1 aliphatic heterocycles. The molecule has 6 nitrogen and oxygen atoms in total. The summed E-state index contributed by atoms with van der Waals surface area (Å²) in [5, 5.41) is 3.06. The van der Waals surface area contributed by atoms with Crippen molar-refractivity contribution < 1.29 is 13.9 Å². The molecule has 2 N–H and O–H groups in total. The van der Waals surface area contributed by atoms with Gasteiger partial charge in [0.15, 0.2) is 0 Å². The van der Waals surface area contributed by atoms with Gasteiger partial charge in [-0.25, -0.2) is 9.37 Å². The minimum atomic E-state index is -0.304. The van der Waals surface area contributed by atoms with E-state index in [0.717, 1.165) is 38.2 Å². The second kappa shape index (κ2) is 10.4. The molecule has 29 heavy (non-hydrogen) atoms. The summed E-state index contributed by atoms with van der Waals surface area (Å²) in [6, 6.07) is 6.21. The smallest absolute Gasteiger partial charge is 0.224 e. The second-order valence-electron chi connectivity index (χ2n) is 8.30. The summed E-state index contributed by atoms with van der Waals surface area (Å²) in [4.78, 5) is 22.2. The number of carbonyl (C=O) groups excluding carboxylic acids is 1. The lowest BCUT2D eigenvalue weighted by Crippen LogP contribution is -2.48. The van der Waals surface area contributed by atoms with Crippen LogP contribution in [0.4, 0.5) is 4.39 Å². The van der Waals surface area contributed by atoms with Crippen molar-refractivity contribution in [1.29, 1.82) is 0 Å². The first-order chi connectivity index (χ1) is 14.0. The van der Waals surface area contributed by atoms with Crippen LogP contribution in [0.25, 0.3) is 0 Å². The van der Waals surface area contributed by atoms with Crippen LogP contribution in [0.3, 0.4) is 0 Å². The number of H-pyrrole nitrogens is 1. The number of aromatic nitrogens is 2. The number of imidazole rings is 1. The maximum absolute atomic E-state index is 13.4. The van der Waals surface area contributed by atoms with E-state index in [-0.39, 0.29) is 23.6 Å². The van der Waals surface area contributed by atoms with Crippen LogP contribution in [0.5, 0.6) is 5.75 Å². The zero-order valence-electron chi connectivity index (χ0n) is 17.2. The summed E-state index contributed by atoms with van der Waals surface area (Å²) in [7, 11) is 0. The number of nitrogens with zero attached hydrogens (tertiary/aromatic N) is 2. The summed E-state index contributed by atoms with van der Waals surface area (Å²) < 4.78 is 19.2. The van der Waals surface area contributed by atoms with Gasteiger partial charge in [-0.2, -0.15) is 0 Å². The second-order valence-corrected chi connectivity index (χ2v) is 8.30. The standard InChI is InChI=1S/C22H31FN4O2/c1-16(2)11-27-12-17(14-29-21-5-3-4-19(23)9-21)8-18(13-27)22(28)25-7-6-20-10-24-15-26-20/h3-5,9-10,15-18H,6-8,11-14H2,1-2H3,(H,24,26)(H,25,28)/t17-,18+/m0/s1. The van der Waals surface area contributed by atoms with E-state index in [2.05, 4.69) is 34.0 Å². The minimum Gasteiger partial charge on any atom is -0.493 e. The average molecular weight is 403 g/mol. The molecule has 2 atom stereocenters. The number of carbonyl (C=O) groups is 1. The Labute approximate surface area is 171 Å². The van der Waals surface area contributed by atoms with E-state index >= 15 is 0 Å². The summed E-state index contributed by atoms with van der Waals surface area (Å²) >= 11 is 0. The van der Waals surface area contributed by atoms with Crippen LogP contribution < -0.4 is 10.1 Å². The van der Waals surface area contributed by atoms with Crippen molar-refractivity contribution in [2.75, 3.05) is 32.8 Å². The van der Waals surface area contributed by atoms with Gasteiger partial charge in [0.25, 0.3) is 0 Å². The molecule has 0 bridgehead atoms. The molecule has 7 heteroatoms. The molecule has 0 radical (unpaired) electrons. The summed E-state index contributed by atoms with van der Waals surface area (Å²) in [6.45, 7) is 8.06. The fraction of sp³-hybridized carbons (Fsp3) is 0.545. The van der Waals surface area contributed by atoms with E-state index in [1.807, 2.05) is 0 Å². The Morgan fingerprint density at radius 3 is 3.00 bits per heavy atom. The lowest BCUT2D eigenvalue weighted by atomic mass is 9.88. The van der Waals surface area contributed by atoms with E-state index < -0.39 is 0 Å². The molecule has 0 saturated carbocycles. The molecule has 0 spiro atoms. The number of benzene rings is 1. The van der Waals surface area contributed by atoms with Crippen molar-refractivity contribution in [3.8, 4) is 5.75 Å². The topological polar surface area (TPSA) is 70.2 Å². The number of hydrogen-bond acceptors (Lipinski definition) is 4. The largest absolute Gasteiger partial charge is 0.493 e. The number of aromatic amines is 1. The maximum Gasteiger partial charge on any atom is 0.224 e. The minimum absolute atomic E-state index is 0.0645. The van der Waals surface area contributed by atoms with E-state index in [1.54, 1.807) is 24.7 Å². The van der Waals surface area contributed by atoms with Crippen LogP contribution in [0.1, 0.15) is 26.0 Å². The first kappa shape index (κ1) is 21.3. The summed E-state index contributed by atoms with van der Waals surface area (Å²) in [6.07, 6.45) is 4.93. The van der Waals surface area contributed by atoms with Gasteiger partial charge >= 0.3 is 0 Å². The molecule has 1 aromatic heterocycles. The Kier molecular flexibility index (Phi) is 7.63. The van der Waals surface area contributed by atoms with E-state index in [4.69, 9.17) is 4.74 Å². The van der Waals surface area contributed by atoms with Gasteiger partial charge in [-0.15, -0.1) is 0 Å². The Morgan fingerprint density at radius 2 is 2.28 bits per heavy atom. The highest BCUT2D eigenvalue weighted by Gasteiger charge is 2.32. The Hall–Kier alpha value is -2.41. The van der Waals surface area contributed by atoms with Crippen LogP contribution >= 0.6 is 0 Å². The number of amides is 1. The van der Waals surface area contributed by atoms with Crippen LogP contribution in [-0.4, -0.2) is 53.6 Å². The van der Waals surface area contributed by atoms with Crippen molar-refractivity contribution in [2.24, 2.45) is 17.8 Å². The number of piperidine rings is 1.